The molecule has 1 aliphatic heterocycles. The molecule has 2 rings (SSSR count). The molecule has 5 nitrogen and oxygen atoms in total. The number of halogens is 1. The number of carbonyl (C=O) groups is 2. The Morgan fingerprint density at radius 2 is 1.33 bits per heavy atom. The average Bonchev–Trinajstić information content (AvgIpc) is 2.64. The first-order valence-electron chi connectivity index (χ1n) is 6.84. The fourth-order valence-electron chi connectivity index (χ4n) is 2.17. The molecule has 21 heavy (non-hydrogen) atoms. The molecule has 0 N–H and O–H groups in total. The summed E-state index contributed by atoms with van der Waals surface area (Å²) in [5, 5.41) is 0. The summed E-state index contributed by atoms with van der Waals surface area (Å²) < 4.78 is 1.11. The lowest BCUT2D eigenvalue weighted by molar-refractivity contribution is -0.144. The van der Waals surface area contributed by atoms with Gasteiger partial charge in [-0.05, 0) is 74.6 Å². The molecule has 0 radical (unpaired) electrons. The van der Waals surface area contributed by atoms with Crippen LogP contribution >= 0.6 is 22.6 Å². The highest BCUT2D eigenvalue weighted by Crippen LogP contribution is 2.23. The molecule has 0 unspecified atom stereocenters. The van der Waals surface area contributed by atoms with E-state index in [9.17, 15) is 9.59 Å². The van der Waals surface area contributed by atoms with Crippen molar-refractivity contribution in [2.75, 3.05) is 0 Å². The Morgan fingerprint density at radius 1 is 0.905 bits per heavy atom. The summed E-state index contributed by atoms with van der Waals surface area (Å²) >= 11 is 2.22. The van der Waals surface area contributed by atoms with Crippen molar-refractivity contribution in [3.63, 3.8) is 0 Å². The van der Waals surface area contributed by atoms with E-state index in [1.165, 1.54) is 9.80 Å². The van der Waals surface area contributed by atoms with Crippen LogP contribution in [0.3, 0.4) is 0 Å². The molecule has 112 valence electrons. The lowest BCUT2D eigenvalue weighted by Gasteiger charge is -2.25. The van der Waals surface area contributed by atoms with E-state index in [0.717, 1.165) is 9.26 Å². The monoisotopic (exact) mass is 399 g/mol. The first-order chi connectivity index (χ1) is 9.82. The van der Waals surface area contributed by atoms with Crippen LogP contribution in [0.15, 0.2) is 29.3 Å². The third-order valence-electron chi connectivity index (χ3n) is 3.14. The van der Waals surface area contributed by atoms with Gasteiger partial charge in [0.2, 0.25) is 5.96 Å². The summed E-state index contributed by atoms with van der Waals surface area (Å²) in [6, 6.07) is 7.40. The highest BCUT2D eigenvalue weighted by molar-refractivity contribution is 14.1. The van der Waals surface area contributed by atoms with Gasteiger partial charge in [-0.2, -0.15) is 0 Å². The van der Waals surface area contributed by atoms with Crippen LogP contribution in [0, 0.1) is 3.57 Å². The number of guanidine groups is 1. The zero-order chi connectivity index (χ0) is 15.7. The van der Waals surface area contributed by atoms with Crippen molar-refractivity contribution in [3.8, 4) is 0 Å². The number of nitrogens with zero attached hydrogens (tertiary/aromatic N) is 3. The summed E-state index contributed by atoms with van der Waals surface area (Å²) in [6.07, 6.45) is 0. The van der Waals surface area contributed by atoms with E-state index < -0.39 is 11.8 Å². The summed E-state index contributed by atoms with van der Waals surface area (Å²) in [6.45, 7) is 7.49. The summed E-state index contributed by atoms with van der Waals surface area (Å²) in [4.78, 5) is 31.8. The molecule has 1 aromatic rings. The Hall–Kier alpha value is -1.44. The van der Waals surface area contributed by atoms with Gasteiger partial charge in [0.05, 0.1) is 5.69 Å². The molecule has 1 saturated heterocycles. The quantitative estimate of drug-likeness (QED) is 0.580. The summed E-state index contributed by atoms with van der Waals surface area (Å²) in [7, 11) is 0. The van der Waals surface area contributed by atoms with Crippen molar-refractivity contribution in [3.05, 3.63) is 27.8 Å². The van der Waals surface area contributed by atoms with Gasteiger partial charge < -0.3 is 0 Å². The highest BCUT2D eigenvalue weighted by atomic mass is 127. The van der Waals surface area contributed by atoms with Crippen molar-refractivity contribution in [1.29, 1.82) is 0 Å². The predicted octanol–water partition coefficient (Wildman–Crippen LogP) is 2.77. The molecule has 6 heteroatoms. The Kier molecular flexibility index (Phi) is 4.65. The zero-order valence-electron chi connectivity index (χ0n) is 12.5. The average molecular weight is 399 g/mol. The number of amides is 2. The van der Waals surface area contributed by atoms with E-state index in [1.807, 2.05) is 52.0 Å². The smallest absolute Gasteiger partial charge is 0.271 e. The third-order valence-corrected chi connectivity index (χ3v) is 3.86. The lowest BCUT2D eigenvalue weighted by Crippen LogP contribution is -2.41. The molecular formula is C15H18IN3O2. The second kappa shape index (κ2) is 6.13. The molecule has 0 aliphatic carbocycles. The fraction of sp³-hybridized carbons (Fsp3) is 0.400. The predicted molar refractivity (Wildman–Crippen MR) is 90.2 cm³/mol. The van der Waals surface area contributed by atoms with E-state index >= 15 is 0 Å². The van der Waals surface area contributed by atoms with Crippen LogP contribution in [-0.2, 0) is 9.59 Å². The van der Waals surface area contributed by atoms with Crippen molar-refractivity contribution in [1.82, 2.24) is 9.80 Å². The molecule has 2 amide bonds. The molecule has 1 heterocycles. The zero-order valence-corrected chi connectivity index (χ0v) is 14.7. The van der Waals surface area contributed by atoms with Crippen LogP contribution < -0.4 is 0 Å². The van der Waals surface area contributed by atoms with E-state index in [4.69, 9.17) is 0 Å². The molecule has 0 aromatic heterocycles. The van der Waals surface area contributed by atoms with E-state index in [2.05, 4.69) is 27.6 Å². The van der Waals surface area contributed by atoms with E-state index in [0.29, 0.717) is 5.96 Å². The van der Waals surface area contributed by atoms with Gasteiger partial charge in [0.15, 0.2) is 0 Å². The van der Waals surface area contributed by atoms with Gasteiger partial charge in [0, 0.05) is 15.7 Å². The Bertz CT molecular complexity index is 565. The van der Waals surface area contributed by atoms with Crippen LogP contribution in [-0.4, -0.2) is 39.7 Å². The Morgan fingerprint density at radius 3 is 1.71 bits per heavy atom. The number of carbonyl (C=O) groups excluding carboxylic acids is 2. The molecule has 0 bridgehead atoms. The van der Waals surface area contributed by atoms with Crippen LogP contribution in [0.5, 0.6) is 0 Å². The highest BCUT2D eigenvalue weighted by Gasteiger charge is 2.45. The molecule has 0 spiro atoms. The first kappa shape index (κ1) is 15.9. The second-order valence-electron chi connectivity index (χ2n) is 5.43. The molecule has 1 aromatic carbocycles. The number of hydrogen-bond donors (Lipinski definition) is 0. The minimum atomic E-state index is -0.511. The minimum Gasteiger partial charge on any atom is -0.271 e. The van der Waals surface area contributed by atoms with Crippen LogP contribution in [0.1, 0.15) is 27.7 Å². The van der Waals surface area contributed by atoms with Gasteiger partial charge >= 0.3 is 11.8 Å². The minimum absolute atomic E-state index is 0.118. The number of rotatable bonds is 3. The molecule has 1 aliphatic rings. The summed E-state index contributed by atoms with van der Waals surface area (Å²) in [5.74, 6) is -0.609. The topological polar surface area (TPSA) is 53.0 Å². The van der Waals surface area contributed by atoms with E-state index in [1.54, 1.807) is 0 Å². The van der Waals surface area contributed by atoms with Crippen LogP contribution in [0.4, 0.5) is 5.69 Å². The fourth-order valence-corrected chi connectivity index (χ4v) is 2.53. The molecular weight excluding hydrogens is 381 g/mol. The second-order valence-corrected chi connectivity index (χ2v) is 6.67. The standard InChI is InChI=1S/C15H18IN3O2/c1-9(2)18-13(20)14(21)19(10(3)4)15(18)17-12-7-5-11(16)6-8-12/h5-10H,1-4H3. The number of aliphatic imine (C=N–C) groups is 1. The van der Waals surface area contributed by atoms with Gasteiger partial charge in [-0.3, -0.25) is 19.4 Å². The van der Waals surface area contributed by atoms with Crippen LogP contribution in [0.25, 0.3) is 0 Å². The SMILES string of the molecule is CC(C)N1C(=O)C(=O)N(C(C)C)C1=Nc1ccc(I)cc1. The largest absolute Gasteiger partial charge is 0.319 e. The first-order valence-corrected chi connectivity index (χ1v) is 7.91. The maximum absolute atomic E-state index is 12.2. The van der Waals surface area contributed by atoms with Crippen molar-refractivity contribution >= 4 is 46.1 Å². The number of hydrogen-bond acceptors (Lipinski definition) is 3. The van der Waals surface area contributed by atoms with Crippen molar-refractivity contribution in [2.24, 2.45) is 4.99 Å². The van der Waals surface area contributed by atoms with Crippen LogP contribution in [0.2, 0.25) is 0 Å². The van der Waals surface area contributed by atoms with Crippen molar-refractivity contribution in [2.45, 2.75) is 39.8 Å². The van der Waals surface area contributed by atoms with Gasteiger partial charge in [0.25, 0.3) is 0 Å². The van der Waals surface area contributed by atoms with Gasteiger partial charge in [0.1, 0.15) is 0 Å². The van der Waals surface area contributed by atoms with Gasteiger partial charge in [-0.1, -0.05) is 0 Å². The normalized spacial score (nSPS) is 15.7. The lowest BCUT2D eigenvalue weighted by atomic mass is 10.3. The Labute approximate surface area is 138 Å². The van der Waals surface area contributed by atoms with E-state index in [-0.39, 0.29) is 12.1 Å². The van der Waals surface area contributed by atoms with Gasteiger partial charge in [-0.25, -0.2) is 4.99 Å². The number of benzene rings is 1. The molecule has 0 saturated carbocycles. The maximum atomic E-state index is 12.2. The molecule has 0 atom stereocenters. The Balaban J connectivity index is 2.50. The maximum Gasteiger partial charge on any atom is 0.319 e. The van der Waals surface area contributed by atoms with Gasteiger partial charge in [-0.15, -0.1) is 0 Å². The summed E-state index contributed by atoms with van der Waals surface area (Å²) in [5.41, 5.74) is 0.726. The van der Waals surface area contributed by atoms with Crippen molar-refractivity contribution < 1.29 is 9.59 Å². The molecule has 1 fully saturated rings. The third kappa shape index (κ3) is 3.09.